The summed E-state index contributed by atoms with van der Waals surface area (Å²) in [4.78, 5) is 38.7. The number of carbonyl (C=O) groups excluding carboxylic acids is 3. The van der Waals surface area contributed by atoms with Crippen molar-refractivity contribution < 1.29 is 23.9 Å². The van der Waals surface area contributed by atoms with E-state index in [0.717, 1.165) is 14.9 Å². The van der Waals surface area contributed by atoms with Crippen LogP contribution in [0, 0.1) is 0 Å². The second-order valence-electron chi connectivity index (χ2n) is 7.26. The van der Waals surface area contributed by atoms with Crippen molar-refractivity contribution in [3.05, 3.63) is 92.9 Å². The Hall–Kier alpha value is -3.62. The average molecular weight is 542 g/mol. The van der Waals surface area contributed by atoms with Crippen LogP contribution in [0.2, 0.25) is 5.02 Å². The average Bonchev–Trinajstić information content (AvgIpc) is 2.83. The number of hydrogen-bond donors (Lipinski definition) is 1. The highest BCUT2D eigenvalue weighted by Crippen LogP contribution is 2.31. The van der Waals surface area contributed by atoms with E-state index in [1.807, 2.05) is 12.1 Å². The fourth-order valence-corrected chi connectivity index (χ4v) is 3.67. The van der Waals surface area contributed by atoms with Gasteiger partial charge in [0.05, 0.1) is 12.8 Å². The summed E-state index contributed by atoms with van der Waals surface area (Å²) in [5.74, 6) is -0.581. The lowest BCUT2D eigenvalue weighted by Gasteiger charge is -2.26. The van der Waals surface area contributed by atoms with E-state index in [0.29, 0.717) is 34.4 Å². The summed E-state index contributed by atoms with van der Waals surface area (Å²) in [5, 5.41) is 2.85. The van der Waals surface area contributed by atoms with E-state index in [2.05, 4.69) is 21.2 Å². The zero-order valence-electron chi connectivity index (χ0n) is 17.9. The lowest BCUT2D eigenvalue weighted by atomic mass is 10.1. The van der Waals surface area contributed by atoms with Crippen LogP contribution in [0.25, 0.3) is 6.08 Å². The van der Waals surface area contributed by atoms with E-state index in [-0.39, 0.29) is 5.57 Å². The molecule has 0 radical (unpaired) electrons. The number of carbonyl (C=O) groups is 3. The molecule has 3 aromatic carbocycles. The summed E-state index contributed by atoms with van der Waals surface area (Å²) in [5.41, 5.74) is 1.62. The Morgan fingerprint density at radius 2 is 1.68 bits per heavy atom. The van der Waals surface area contributed by atoms with E-state index in [4.69, 9.17) is 21.1 Å². The summed E-state index contributed by atoms with van der Waals surface area (Å²) in [6, 6.07) is 18.1. The van der Waals surface area contributed by atoms with Crippen molar-refractivity contribution in [2.24, 2.45) is 0 Å². The molecule has 1 aliphatic heterocycles. The Bertz CT molecular complexity index is 1290. The molecule has 0 aliphatic carbocycles. The van der Waals surface area contributed by atoms with Crippen LogP contribution >= 0.6 is 27.5 Å². The molecule has 1 N–H and O–H groups in total. The van der Waals surface area contributed by atoms with E-state index in [1.165, 1.54) is 13.2 Å². The van der Waals surface area contributed by atoms with Crippen LogP contribution in [0.1, 0.15) is 11.1 Å². The molecule has 0 spiro atoms. The van der Waals surface area contributed by atoms with E-state index < -0.39 is 17.8 Å². The third-order valence-electron chi connectivity index (χ3n) is 4.99. The maximum atomic E-state index is 13.0. The predicted molar refractivity (Wildman–Crippen MR) is 132 cm³/mol. The molecule has 9 heteroatoms. The van der Waals surface area contributed by atoms with Crippen molar-refractivity contribution in [2.75, 3.05) is 12.0 Å². The van der Waals surface area contributed by atoms with Crippen molar-refractivity contribution in [3.8, 4) is 11.5 Å². The molecule has 1 fully saturated rings. The molecule has 0 unspecified atom stereocenters. The number of hydrogen-bond acceptors (Lipinski definition) is 5. The van der Waals surface area contributed by atoms with Crippen LogP contribution in [-0.4, -0.2) is 25.0 Å². The Kier molecular flexibility index (Phi) is 7.00. The van der Waals surface area contributed by atoms with Gasteiger partial charge in [-0.2, -0.15) is 0 Å². The topological polar surface area (TPSA) is 84.9 Å². The second-order valence-corrected chi connectivity index (χ2v) is 8.61. The molecular formula is C25H18BrClN2O5. The van der Waals surface area contributed by atoms with E-state index in [9.17, 15) is 14.4 Å². The molecule has 0 bridgehead atoms. The van der Waals surface area contributed by atoms with Gasteiger partial charge in [0, 0.05) is 9.50 Å². The van der Waals surface area contributed by atoms with Crippen molar-refractivity contribution in [1.82, 2.24) is 5.32 Å². The lowest BCUT2D eigenvalue weighted by Crippen LogP contribution is -2.54. The van der Waals surface area contributed by atoms with Crippen LogP contribution in [0.3, 0.4) is 0 Å². The number of halogens is 2. The molecule has 34 heavy (non-hydrogen) atoms. The number of nitrogens with zero attached hydrogens (tertiary/aromatic N) is 1. The fourth-order valence-electron chi connectivity index (χ4n) is 3.28. The monoisotopic (exact) mass is 540 g/mol. The minimum absolute atomic E-state index is 0.181. The first-order valence-corrected chi connectivity index (χ1v) is 11.2. The third-order valence-corrected chi connectivity index (χ3v) is 5.77. The summed E-state index contributed by atoms with van der Waals surface area (Å²) in [6.45, 7) is 0.305. The van der Waals surface area contributed by atoms with Gasteiger partial charge in [0.25, 0.3) is 11.8 Å². The van der Waals surface area contributed by atoms with Crippen LogP contribution in [0.4, 0.5) is 10.5 Å². The Morgan fingerprint density at radius 1 is 0.971 bits per heavy atom. The van der Waals surface area contributed by atoms with Crippen LogP contribution in [0.15, 0.2) is 76.8 Å². The minimum Gasteiger partial charge on any atom is -0.493 e. The summed E-state index contributed by atoms with van der Waals surface area (Å²) in [6.07, 6.45) is 1.40. The number of rotatable bonds is 6. The lowest BCUT2D eigenvalue weighted by molar-refractivity contribution is -0.122. The molecule has 1 saturated heterocycles. The van der Waals surface area contributed by atoms with E-state index >= 15 is 0 Å². The summed E-state index contributed by atoms with van der Waals surface area (Å²) in [7, 11) is 1.49. The quantitative estimate of drug-likeness (QED) is 0.336. The Morgan fingerprint density at radius 3 is 2.35 bits per heavy atom. The first-order valence-electron chi connectivity index (χ1n) is 10.1. The molecular weight excluding hydrogens is 524 g/mol. The molecule has 0 atom stereocenters. The molecule has 0 saturated carbocycles. The number of anilines is 1. The van der Waals surface area contributed by atoms with Gasteiger partial charge in [-0.1, -0.05) is 45.7 Å². The van der Waals surface area contributed by atoms with E-state index in [1.54, 1.807) is 54.6 Å². The Labute approximate surface area is 209 Å². The number of methoxy groups -OCH3 is 1. The van der Waals surface area contributed by atoms with Crippen molar-refractivity contribution in [1.29, 1.82) is 0 Å². The van der Waals surface area contributed by atoms with Gasteiger partial charge in [-0.15, -0.1) is 0 Å². The maximum Gasteiger partial charge on any atom is 0.335 e. The standard InChI is InChI=1S/C25H18BrClN2O5/c1-33-22-13-16(4-11-21(22)34-14-15-2-7-18(27)8-3-15)12-20-23(30)28-25(32)29(24(20)31)19-9-5-17(26)6-10-19/h2-13H,14H2,1H3,(H,28,30,32). The normalized spacial score (nSPS) is 14.9. The van der Waals surface area contributed by atoms with Crippen molar-refractivity contribution >= 4 is 57.1 Å². The van der Waals surface area contributed by atoms with Crippen LogP contribution in [-0.2, 0) is 16.2 Å². The Balaban J connectivity index is 1.58. The number of amides is 4. The number of ether oxygens (including phenoxy) is 2. The van der Waals surface area contributed by atoms with Gasteiger partial charge in [0.2, 0.25) is 0 Å². The van der Waals surface area contributed by atoms with Crippen LogP contribution in [0.5, 0.6) is 11.5 Å². The molecule has 0 aromatic heterocycles. The van der Waals surface area contributed by atoms with Gasteiger partial charge in [0.15, 0.2) is 11.5 Å². The maximum absolute atomic E-state index is 13.0. The van der Waals surface area contributed by atoms with Gasteiger partial charge >= 0.3 is 6.03 Å². The molecule has 4 amide bonds. The fraction of sp³-hybridized carbons (Fsp3) is 0.0800. The number of imide groups is 2. The smallest absolute Gasteiger partial charge is 0.335 e. The molecule has 1 aliphatic rings. The summed E-state index contributed by atoms with van der Waals surface area (Å²) >= 11 is 9.23. The van der Waals surface area contributed by atoms with Gasteiger partial charge in [-0.05, 0) is 65.7 Å². The number of benzene rings is 3. The molecule has 172 valence electrons. The number of barbiturate groups is 1. The van der Waals surface area contributed by atoms with Gasteiger partial charge in [-0.25, -0.2) is 9.69 Å². The highest BCUT2D eigenvalue weighted by Gasteiger charge is 2.36. The van der Waals surface area contributed by atoms with Gasteiger partial charge < -0.3 is 9.47 Å². The first kappa shape index (κ1) is 23.5. The molecule has 4 rings (SSSR count). The molecule has 7 nitrogen and oxygen atoms in total. The minimum atomic E-state index is -0.807. The SMILES string of the molecule is COc1cc(C=C2C(=O)NC(=O)N(c3ccc(Br)cc3)C2=O)ccc1OCc1ccc(Cl)cc1. The van der Waals surface area contributed by atoms with Crippen LogP contribution < -0.4 is 19.7 Å². The highest BCUT2D eigenvalue weighted by molar-refractivity contribution is 9.10. The number of urea groups is 1. The zero-order chi connectivity index (χ0) is 24.2. The molecule has 1 heterocycles. The number of nitrogens with one attached hydrogen (secondary N) is 1. The molecule has 3 aromatic rings. The zero-order valence-corrected chi connectivity index (χ0v) is 20.2. The van der Waals surface area contributed by atoms with Gasteiger partial charge in [-0.3, -0.25) is 14.9 Å². The van der Waals surface area contributed by atoms with Gasteiger partial charge in [0.1, 0.15) is 12.2 Å². The largest absolute Gasteiger partial charge is 0.493 e. The predicted octanol–water partition coefficient (Wildman–Crippen LogP) is 5.36. The third kappa shape index (κ3) is 5.13. The summed E-state index contributed by atoms with van der Waals surface area (Å²) < 4.78 is 12.1. The second kappa shape index (κ2) is 10.1. The first-order chi connectivity index (χ1) is 16.4. The van der Waals surface area contributed by atoms with Crippen molar-refractivity contribution in [3.63, 3.8) is 0 Å². The highest BCUT2D eigenvalue weighted by atomic mass is 79.9. The van der Waals surface area contributed by atoms with Crippen molar-refractivity contribution in [2.45, 2.75) is 6.61 Å².